The minimum absolute atomic E-state index is 0.0906. The molecular formula is C12H14INO2. The van der Waals surface area contributed by atoms with E-state index in [1.807, 2.05) is 23.1 Å². The van der Waals surface area contributed by atoms with Crippen LogP contribution in [-0.2, 0) is 0 Å². The molecule has 0 aliphatic carbocycles. The van der Waals surface area contributed by atoms with Crippen molar-refractivity contribution >= 4 is 28.5 Å². The highest BCUT2D eigenvalue weighted by Crippen LogP contribution is 2.24. The van der Waals surface area contributed by atoms with Crippen molar-refractivity contribution in [1.82, 2.24) is 4.90 Å². The Balaban J connectivity index is 2.30. The van der Waals surface area contributed by atoms with E-state index in [9.17, 15) is 4.79 Å². The molecule has 1 aromatic rings. The number of carbonyl (C=O) groups excluding carboxylic acids is 1. The Bertz CT molecular complexity index is 400. The van der Waals surface area contributed by atoms with Gasteiger partial charge in [-0.25, -0.2) is 0 Å². The van der Waals surface area contributed by atoms with Crippen LogP contribution >= 0.6 is 22.6 Å². The zero-order chi connectivity index (χ0) is 11.5. The lowest BCUT2D eigenvalue weighted by Crippen LogP contribution is -2.28. The van der Waals surface area contributed by atoms with Crippen LogP contribution in [0.15, 0.2) is 18.2 Å². The molecule has 0 N–H and O–H groups in total. The van der Waals surface area contributed by atoms with Crippen molar-refractivity contribution in [3.8, 4) is 5.75 Å². The molecule has 1 aliphatic rings. The van der Waals surface area contributed by atoms with Crippen molar-refractivity contribution < 1.29 is 9.53 Å². The number of amides is 1. The third-order valence-corrected chi connectivity index (χ3v) is 3.46. The Hall–Kier alpha value is -0.780. The van der Waals surface area contributed by atoms with Crippen molar-refractivity contribution in [3.63, 3.8) is 0 Å². The quantitative estimate of drug-likeness (QED) is 0.780. The Morgan fingerprint density at radius 3 is 2.69 bits per heavy atom. The monoisotopic (exact) mass is 331 g/mol. The zero-order valence-corrected chi connectivity index (χ0v) is 11.4. The van der Waals surface area contributed by atoms with Crippen LogP contribution in [0, 0.1) is 3.57 Å². The minimum atomic E-state index is 0.0906. The first-order chi connectivity index (χ1) is 7.72. The maximum atomic E-state index is 12.2. The number of hydrogen-bond donors (Lipinski definition) is 0. The van der Waals surface area contributed by atoms with Crippen molar-refractivity contribution in [2.24, 2.45) is 0 Å². The van der Waals surface area contributed by atoms with Gasteiger partial charge in [0.15, 0.2) is 0 Å². The highest BCUT2D eigenvalue weighted by Gasteiger charge is 2.22. The fourth-order valence-corrected chi connectivity index (χ4v) is 2.43. The van der Waals surface area contributed by atoms with Gasteiger partial charge >= 0.3 is 0 Å². The first-order valence-electron chi connectivity index (χ1n) is 5.35. The number of hydrogen-bond acceptors (Lipinski definition) is 2. The molecule has 1 aromatic carbocycles. The fraction of sp³-hybridized carbons (Fsp3) is 0.417. The van der Waals surface area contributed by atoms with Crippen molar-refractivity contribution in [1.29, 1.82) is 0 Å². The molecule has 0 atom stereocenters. The Labute approximate surface area is 109 Å². The first kappa shape index (κ1) is 11.7. The maximum absolute atomic E-state index is 12.2. The molecule has 3 nitrogen and oxygen atoms in total. The second-order valence-electron chi connectivity index (χ2n) is 3.84. The minimum Gasteiger partial charge on any atom is -0.496 e. The summed E-state index contributed by atoms with van der Waals surface area (Å²) >= 11 is 2.21. The molecule has 0 spiro atoms. The van der Waals surface area contributed by atoms with E-state index in [1.54, 1.807) is 7.11 Å². The number of benzene rings is 1. The van der Waals surface area contributed by atoms with Gasteiger partial charge in [-0.3, -0.25) is 4.79 Å². The van der Waals surface area contributed by atoms with Crippen LogP contribution in [0.4, 0.5) is 0 Å². The van der Waals surface area contributed by atoms with Crippen LogP contribution in [0.2, 0.25) is 0 Å². The summed E-state index contributed by atoms with van der Waals surface area (Å²) in [5.74, 6) is 0.755. The summed E-state index contributed by atoms with van der Waals surface area (Å²) in [4.78, 5) is 14.1. The second-order valence-corrected chi connectivity index (χ2v) is 5.09. The van der Waals surface area contributed by atoms with Gasteiger partial charge < -0.3 is 9.64 Å². The number of ether oxygens (including phenoxy) is 1. The molecule has 0 radical (unpaired) electrons. The van der Waals surface area contributed by atoms with E-state index in [1.165, 1.54) is 0 Å². The fourth-order valence-electron chi connectivity index (χ4n) is 1.94. The van der Waals surface area contributed by atoms with Crippen LogP contribution in [-0.4, -0.2) is 31.0 Å². The van der Waals surface area contributed by atoms with Crippen molar-refractivity contribution in [3.05, 3.63) is 27.3 Å². The van der Waals surface area contributed by atoms with E-state index in [0.29, 0.717) is 11.3 Å². The van der Waals surface area contributed by atoms with E-state index in [4.69, 9.17) is 4.74 Å². The molecule has 0 unspecified atom stereocenters. The second kappa shape index (κ2) is 5.03. The van der Waals surface area contributed by atoms with Crippen LogP contribution < -0.4 is 4.74 Å². The van der Waals surface area contributed by atoms with Crippen LogP contribution in [0.3, 0.4) is 0 Å². The lowest BCUT2D eigenvalue weighted by molar-refractivity contribution is 0.0789. The molecule has 0 saturated carbocycles. The molecule has 0 bridgehead atoms. The number of halogens is 1. The summed E-state index contributed by atoms with van der Waals surface area (Å²) in [6.07, 6.45) is 2.22. The molecule has 1 aliphatic heterocycles. The van der Waals surface area contributed by atoms with E-state index < -0.39 is 0 Å². The molecule has 1 saturated heterocycles. The summed E-state index contributed by atoms with van der Waals surface area (Å²) in [5, 5.41) is 0. The first-order valence-corrected chi connectivity index (χ1v) is 6.43. The van der Waals surface area contributed by atoms with Crippen LogP contribution in [0.5, 0.6) is 5.75 Å². The van der Waals surface area contributed by atoms with Gasteiger partial charge in [-0.2, -0.15) is 0 Å². The normalized spacial score (nSPS) is 15.2. The molecule has 1 heterocycles. The number of methoxy groups -OCH3 is 1. The molecule has 1 amide bonds. The summed E-state index contributed by atoms with van der Waals surface area (Å²) in [6, 6.07) is 5.69. The lowest BCUT2D eigenvalue weighted by atomic mass is 10.2. The topological polar surface area (TPSA) is 29.5 Å². The highest BCUT2D eigenvalue weighted by molar-refractivity contribution is 14.1. The maximum Gasteiger partial charge on any atom is 0.257 e. The van der Waals surface area contributed by atoms with Crippen molar-refractivity contribution in [2.75, 3.05) is 20.2 Å². The number of nitrogens with zero attached hydrogens (tertiary/aromatic N) is 1. The van der Waals surface area contributed by atoms with E-state index in [-0.39, 0.29) is 5.91 Å². The summed E-state index contributed by atoms with van der Waals surface area (Å²) in [6.45, 7) is 1.74. The molecule has 1 fully saturated rings. The summed E-state index contributed by atoms with van der Waals surface area (Å²) in [7, 11) is 1.60. The van der Waals surface area contributed by atoms with E-state index >= 15 is 0 Å². The standard InChI is InChI=1S/C12H14INO2/c1-16-11-5-4-9(13)8-10(11)12(15)14-6-2-3-7-14/h4-5,8H,2-3,6-7H2,1H3. The average molecular weight is 331 g/mol. The highest BCUT2D eigenvalue weighted by atomic mass is 127. The predicted molar refractivity (Wildman–Crippen MR) is 70.8 cm³/mol. The molecule has 16 heavy (non-hydrogen) atoms. The van der Waals surface area contributed by atoms with Gasteiger partial charge in [-0.15, -0.1) is 0 Å². The Morgan fingerprint density at radius 1 is 1.38 bits per heavy atom. The summed E-state index contributed by atoms with van der Waals surface area (Å²) in [5.41, 5.74) is 0.677. The third kappa shape index (κ3) is 2.31. The van der Waals surface area contributed by atoms with Crippen LogP contribution in [0.25, 0.3) is 0 Å². The van der Waals surface area contributed by atoms with Crippen molar-refractivity contribution in [2.45, 2.75) is 12.8 Å². The molecule has 4 heteroatoms. The molecular weight excluding hydrogens is 317 g/mol. The third-order valence-electron chi connectivity index (χ3n) is 2.79. The average Bonchev–Trinajstić information content (AvgIpc) is 2.81. The number of likely N-dealkylation sites (tertiary alicyclic amines) is 1. The van der Waals surface area contributed by atoms with Gasteiger partial charge in [0.25, 0.3) is 5.91 Å². The number of carbonyl (C=O) groups is 1. The molecule has 2 rings (SSSR count). The Kier molecular flexibility index (Phi) is 3.68. The Morgan fingerprint density at radius 2 is 2.06 bits per heavy atom. The number of rotatable bonds is 2. The molecule has 86 valence electrons. The zero-order valence-electron chi connectivity index (χ0n) is 9.20. The molecule has 0 aromatic heterocycles. The van der Waals surface area contributed by atoms with E-state index in [0.717, 1.165) is 29.5 Å². The van der Waals surface area contributed by atoms with Gasteiger partial charge in [0.1, 0.15) is 5.75 Å². The van der Waals surface area contributed by atoms with E-state index in [2.05, 4.69) is 22.6 Å². The van der Waals surface area contributed by atoms with Crippen LogP contribution in [0.1, 0.15) is 23.2 Å². The SMILES string of the molecule is COc1ccc(I)cc1C(=O)N1CCCC1. The predicted octanol–water partition coefficient (Wildman–Crippen LogP) is 2.54. The van der Waals surface area contributed by atoms with Gasteiger partial charge in [-0.1, -0.05) is 0 Å². The van der Waals surface area contributed by atoms with Gasteiger partial charge in [0.2, 0.25) is 0 Å². The van der Waals surface area contributed by atoms with Gasteiger partial charge in [0, 0.05) is 16.7 Å². The largest absolute Gasteiger partial charge is 0.496 e. The van der Waals surface area contributed by atoms with Gasteiger partial charge in [0.05, 0.1) is 12.7 Å². The lowest BCUT2D eigenvalue weighted by Gasteiger charge is -2.17. The van der Waals surface area contributed by atoms with Gasteiger partial charge in [-0.05, 0) is 53.6 Å². The summed E-state index contributed by atoms with van der Waals surface area (Å²) < 4.78 is 6.29. The smallest absolute Gasteiger partial charge is 0.257 e.